The molecular formula is C26H22N4OS2. The fourth-order valence-corrected chi connectivity index (χ4v) is 5.54. The van der Waals surface area contributed by atoms with Gasteiger partial charge in [-0.3, -0.25) is 4.79 Å². The van der Waals surface area contributed by atoms with Crippen LogP contribution in [0, 0.1) is 0 Å². The molecule has 2 heterocycles. The number of anilines is 1. The molecule has 0 aliphatic rings. The average Bonchev–Trinajstić information content (AvgIpc) is 3.45. The van der Waals surface area contributed by atoms with E-state index in [9.17, 15) is 4.79 Å². The van der Waals surface area contributed by atoms with Crippen LogP contribution in [0.3, 0.4) is 0 Å². The molecule has 0 unspecified atom stereocenters. The molecule has 0 spiro atoms. The van der Waals surface area contributed by atoms with Crippen molar-refractivity contribution in [2.24, 2.45) is 7.05 Å². The van der Waals surface area contributed by atoms with Crippen molar-refractivity contribution in [3.63, 3.8) is 0 Å². The van der Waals surface area contributed by atoms with Crippen molar-refractivity contribution in [2.45, 2.75) is 10.9 Å². The number of thioether (sulfide) groups is 1. The Labute approximate surface area is 200 Å². The van der Waals surface area contributed by atoms with Crippen molar-refractivity contribution in [2.75, 3.05) is 11.1 Å². The van der Waals surface area contributed by atoms with Crippen molar-refractivity contribution in [1.29, 1.82) is 0 Å². The van der Waals surface area contributed by atoms with Gasteiger partial charge in [-0.1, -0.05) is 102 Å². The summed E-state index contributed by atoms with van der Waals surface area (Å²) in [6, 6.07) is 28.3. The largest absolute Gasteiger partial charge is 0.356 e. The van der Waals surface area contributed by atoms with Crippen molar-refractivity contribution in [3.8, 4) is 11.3 Å². The van der Waals surface area contributed by atoms with E-state index in [2.05, 4.69) is 38.3 Å². The number of aryl methyl sites for hydroxylation is 1. The number of para-hydroxylation sites is 1. The maximum absolute atomic E-state index is 13.5. The Kier molecular flexibility index (Phi) is 6.24. The van der Waals surface area contributed by atoms with Gasteiger partial charge in [-0.05, 0) is 17.2 Å². The van der Waals surface area contributed by atoms with Gasteiger partial charge in [0.15, 0.2) is 10.1 Å². The Hall–Kier alpha value is -3.42. The third-order valence-corrected chi connectivity index (χ3v) is 7.47. The predicted octanol–water partition coefficient (Wildman–Crippen LogP) is 6.28. The second kappa shape index (κ2) is 9.60. The molecule has 0 radical (unpaired) electrons. The number of nitrogens with zero attached hydrogens (tertiary/aromatic N) is 3. The lowest BCUT2D eigenvalue weighted by molar-refractivity contribution is 0.102. The lowest BCUT2D eigenvalue weighted by Crippen LogP contribution is -2.05. The first-order valence-electron chi connectivity index (χ1n) is 10.6. The van der Waals surface area contributed by atoms with Crippen molar-refractivity contribution >= 4 is 44.9 Å². The molecular weight excluding hydrogens is 448 g/mol. The second-order valence-electron chi connectivity index (χ2n) is 7.59. The van der Waals surface area contributed by atoms with Crippen molar-refractivity contribution < 1.29 is 4.79 Å². The average molecular weight is 471 g/mol. The molecule has 5 nitrogen and oxygen atoms in total. The minimum atomic E-state index is 0.0876. The lowest BCUT2D eigenvalue weighted by Gasteiger charge is -2.07. The molecule has 0 fully saturated rings. The quantitative estimate of drug-likeness (QED) is 0.213. The summed E-state index contributed by atoms with van der Waals surface area (Å²) in [6.45, 7) is 0.690. The van der Waals surface area contributed by atoms with Gasteiger partial charge in [-0.15, -0.1) is 10.2 Å². The van der Waals surface area contributed by atoms with Gasteiger partial charge < -0.3 is 9.88 Å². The van der Waals surface area contributed by atoms with Crippen LogP contribution in [0.25, 0.3) is 22.2 Å². The van der Waals surface area contributed by atoms with Gasteiger partial charge in [-0.25, -0.2) is 0 Å². The third-order valence-electron chi connectivity index (χ3n) is 5.45. The van der Waals surface area contributed by atoms with Gasteiger partial charge in [0, 0.05) is 24.5 Å². The van der Waals surface area contributed by atoms with E-state index < -0.39 is 0 Å². The summed E-state index contributed by atoms with van der Waals surface area (Å²) in [4.78, 5) is 13.5. The minimum Gasteiger partial charge on any atom is -0.356 e. The van der Waals surface area contributed by atoms with Crippen molar-refractivity contribution in [3.05, 3.63) is 96.1 Å². The summed E-state index contributed by atoms with van der Waals surface area (Å²) in [5.74, 6) is 0.394. The van der Waals surface area contributed by atoms with E-state index in [1.807, 2.05) is 73.8 Å². The zero-order valence-electron chi connectivity index (χ0n) is 18.1. The normalized spacial score (nSPS) is 11.1. The Bertz CT molecular complexity index is 1390. The van der Waals surface area contributed by atoms with Crippen LogP contribution in [0.15, 0.2) is 89.3 Å². The lowest BCUT2D eigenvalue weighted by atomic mass is 10.0. The van der Waals surface area contributed by atoms with Gasteiger partial charge in [0.25, 0.3) is 0 Å². The van der Waals surface area contributed by atoms with Crippen LogP contribution < -0.4 is 5.32 Å². The maximum Gasteiger partial charge on any atom is 0.206 e. The first-order chi connectivity index (χ1) is 16.2. The molecule has 164 valence electrons. The Morgan fingerprint density at radius 1 is 0.939 bits per heavy atom. The monoisotopic (exact) mass is 470 g/mol. The molecule has 5 aromatic rings. The molecule has 0 bridgehead atoms. The molecule has 0 saturated heterocycles. The van der Waals surface area contributed by atoms with E-state index in [0.29, 0.717) is 12.3 Å². The van der Waals surface area contributed by atoms with Crippen LogP contribution in [-0.2, 0) is 13.6 Å². The summed E-state index contributed by atoms with van der Waals surface area (Å²) >= 11 is 2.90. The highest BCUT2D eigenvalue weighted by Gasteiger charge is 2.22. The van der Waals surface area contributed by atoms with Crippen LogP contribution in [0.1, 0.15) is 15.9 Å². The van der Waals surface area contributed by atoms with Gasteiger partial charge in [-0.2, -0.15) is 0 Å². The highest BCUT2D eigenvalue weighted by molar-refractivity contribution is 8.01. The number of aromatic nitrogens is 3. The molecule has 3 aromatic carbocycles. The molecule has 1 N–H and O–H groups in total. The molecule has 0 aliphatic carbocycles. The molecule has 33 heavy (non-hydrogen) atoms. The van der Waals surface area contributed by atoms with E-state index in [-0.39, 0.29) is 5.78 Å². The van der Waals surface area contributed by atoms with E-state index in [0.717, 1.165) is 37.2 Å². The van der Waals surface area contributed by atoms with Crippen molar-refractivity contribution in [1.82, 2.24) is 14.8 Å². The predicted molar refractivity (Wildman–Crippen MR) is 137 cm³/mol. The molecule has 5 rings (SSSR count). The Morgan fingerprint density at radius 3 is 2.42 bits per heavy atom. The third kappa shape index (κ3) is 4.55. The molecule has 2 aromatic heterocycles. The topological polar surface area (TPSA) is 59.8 Å². The van der Waals surface area contributed by atoms with Crippen LogP contribution >= 0.6 is 23.1 Å². The number of carbonyl (C=O) groups is 1. The van der Waals surface area contributed by atoms with Crippen LogP contribution in [0.4, 0.5) is 5.13 Å². The van der Waals surface area contributed by atoms with Gasteiger partial charge in [0.2, 0.25) is 5.13 Å². The highest BCUT2D eigenvalue weighted by atomic mass is 32.2. The number of benzene rings is 3. The molecule has 0 amide bonds. The van der Waals surface area contributed by atoms with Gasteiger partial charge >= 0.3 is 0 Å². The number of carbonyl (C=O) groups excluding carboxylic acids is 1. The van der Waals surface area contributed by atoms with Gasteiger partial charge in [0.1, 0.15) is 0 Å². The number of nitrogens with one attached hydrogen (secondary N) is 1. The maximum atomic E-state index is 13.5. The SMILES string of the molecule is Cn1c(-c2ccccc2)c(C(=O)CSc2nnc(NCc3ccccc3)s2)c2ccccc21. The number of ketones is 1. The summed E-state index contributed by atoms with van der Waals surface area (Å²) < 4.78 is 2.89. The molecule has 0 aliphatic heterocycles. The van der Waals surface area contributed by atoms with E-state index in [1.54, 1.807) is 0 Å². The number of Topliss-reactive ketones (excluding diaryl/α,β-unsaturated/α-hetero) is 1. The number of hydrogen-bond donors (Lipinski definition) is 1. The first-order valence-corrected chi connectivity index (χ1v) is 12.4. The summed E-state index contributed by atoms with van der Waals surface area (Å²) in [5, 5.41) is 13.5. The fourth-order valence-electron chi connectivity index (χ4n) is 3.92. The van der Waals surface area contributed by atoms with Crippen LogP contribution in [-0.4, -0.2) is 26.3 Å². The number of hydrogen-bond acceptors (Lipinski definition) is 6. The summed E-state index contributed by atoms with van der Waals surface area (Å²) in [6.07, 6.45) is 0. The smallest absolute Gasteiger partial charge is 0.206 e. The number of fused-ring (bicyclic) bond motifs is 1. The van der Waals surface area contributed by atoms with Crippen LogP contribution in [0.5, 0.6) is 0 Å². The van der Waals surface area contributed by atoms with E-state index in [1.165, 1.54) is 28.7 Å². The summed E-state index contributed by atoms with van der Waals surface area (Å²) in [5.41, 5.74) is 4.98. The minimum absolute atomic E-state index is 0.0876. The van der Waals surface area contributed by atoms with E-state index in [4.69, 9.17) is 0 Å². The summed E-state index contributed by atoms with van der Waals surface area (Å²) in [7, 11) is 2.02. The second-order valence-corrected chi connectivity index (χ2v) is 9.79. The Morgan fingerprint density at radius 2 is 1.64 bits per heavy atom. The van der Waals surface area contributed by atoms with Crippen LogP contribution in [0.2, 0.25) is 0 Å². The van der Waals surface area contributed by atoms with E-state index >= 15 is 0 Å². The number of rotatable bonds is 8. The van der Waals surface area contributed by atoms with Gasteiger partial charge in [0.05, 0.1) is 17.0 Å². The standard InChI is InChI=1S/C26H22N4OS2/c1-30-21-15-9-8-14-20(21)23(24(30)19-12-6-3-7-13-19)22(31)17-32-26-29-28-25(33-26)27-16-18-10-4-2-5-11-18/h2-15H,16-17H2,1H3,(H,27,28). The fraction of sp³-hybridized carbons (Fsp3) is 0.115. The molecule has 7 heteroatoms. The highest BCUT2D eigenvalue weighted by Crippen LogP contribution is 2.35. The zero-order valence-corrected chi connectivity index (χ0v) is 19.7. The Balaban J connectivity index is 1.35. The molecule has 0 atom stereocenters. The first kappa shape index (κ1) is 21.4. The zero-order chi connectivity index (χ0) is 22.6. The molecule has 0 saturated carbocycles.